The number of nitriles is 1. The first-order valence-electron chi connectivity index (χ1n) is 4.46. The number of benzene rings is 1. The van der Waals surface area contributed by atoms with Crippen molar-refractivity contribution in [2.75, 3.05) is 0 Å². The number of carboxylic acid groups (broad SMARTS) is 1. The summed E-state index contributed by atoms with van der Waals surface area (Å²) in [6.45, 7) is 7.83. The highest BCUT2D eigenvalue weighted by Crippen LogP contribution is 1.97. The smallest absolute Gasteiger partial charge is 0.300 e. The molecule has 0 radical (unpaired) electrons. The molecule has 0 aromatic heterocycles. The Bertz CT molecular complexity index is 346. The van der Waals surface area contributed by atoms with Gasteiger partial charge in [-0.1, -0.05) is 49.6 Å². The second kappa shape index (κ2) is 12.7. The highest BCUT2D eigenvalue weighted by Gasteiger charge is 1.75. The van der Waals surface area contributed by atoms with E-state index in [9.17, 15) is 0 Å². The Morgan fingerprint density at radius 3 is 1.94 bits per heavy atom. The molecule has 1 aromatic carbocycles. The number of hydrogen-bond acceptors (Lipinski definition) is 2. The Labute approximate surface area is 96.0 Å². The van der Waals surface area contributed by atoms with Gasteiger partial charge in [0, 0.05) is 13.0 Å². The molecule has 0 aliphatic carbocycles. The molecular weight excluding hydrogens is 202 g/mol. The van der Waals surface area contributed by atoms with Crippen molar-refractivity contribution in [3.63, 3.8) is 0 Å². The molecule has 16 heavy (non-hydrogen) atoms. The third kappa shape index (κ3) is 17.7. The van der Waals surface area contributed by atoms with Gasteiger partial charge in [-0.3, -0.25) is 4.79 Å². The zero-order chi connectivity index (χ0) is 12.8. The number of aliphatic carboxylic acids is 1. The minimum absolute atomic E-state index is 0.833. The molecule has 0 saturated heterocycles. The Morgan fingerprint density at radius 1 is 1.38 bits per heavy atom. The van der Waals surface area contributed by atoms with Crippen molar-refractivity contribution in [1.82, 2.24) is 0 Å². The standard InChI is InChI=1S/C8H8.C3H3N.C2H4O2/c1-2-8-6-4-3-5-7-8;1-2-3-4;1-2(3)4/h2-7H,1H2;2H,1H2;1H3,(H,3,4). The van der Waals surface area contributed by atoms with E-state index in [1.807, 2.05) is 36.4 Å². The van der Waals surface area contributed by atoms with Gasteiger partial charge in [-0.25, -0.2) is 0 Å². The molecule has 0 bridgehead atoms. The zero-order valence-electron chi connectivity index (χ0n) is 9.26. The van der Waals surface area contributed by atoms with Crippen LogP contribution in [0, 0.1) is 11.3 Å². The summed E-state index contributed by atoms with van der Waals surface area (Å²) in [5, 5.41) is 14.9. The molecule has 0 spiro atoms. The van der Waals surface area contributed by atoms with Gasteiger partial charge in [-0.05, 0) is 5.56 Å². The summed E-state index contributed by atoms with van der Waals surface area (Å²) in [5.74, 6) is -0.833. The van der Waals surface area contributed by atoms with Gasteiger partial charge in [0.05, 0.1) is 6.07 Å². The third-order valence-electron chi connectivity index (χ3n) is 1.13. The van der Waals surface area contributed by atoms with E-state index in [1.54, 1.807) is 6.07 Å². The second-order valence-corrected chi connectivity index (χ2v) is 2.47. The summed E-state index contributed by atoms with van der Waals surface area (Å²) in [4.78, 5) is 9.00. The molecular formula is C13H15NO2. The van der Waals surface area contributed by atoms with E-state index < -0.39 is 5.97 Å². The zero-order valence-corrected chi connectivity index (χ0v) is 9.26. The predicted octanol–water partition coefficient (Wildman–Crippen LogP) is 3.12. The minimum atomic E-state index is -0.833. The lowest BCUT2D eigenvalue weighted by Gasteiger charge is -1.85. The van der Waals surface area contributed by atoms with Crippen LogP contribution < -0.4 is 0 Å². The van der Waals surface area contributed by atoms with Crippen LogP contribution in [0.3, 0.4) is 0 Å². The maximum atomic E-state index is 9.00. The molecule has 0 aliphatic rings. The number of carboxylic acids is 1. The van der Waals surface area contributed by atoms with Crippen molar-refractivity contribution in [3.05, 3.63) is 55.1 Å². The van der Waals surface area contributed by atoms with Crippen molar-refractivity contribution in [2.45, 2.75) is 6.92 Å². The van der Waals surface area contributed by atoms with Gasteiger partial charge >= 0.3 is 0 Å². The van der Waals surface area contributed by atoms with Crippen molar-refractivity contribution >= 4 is 12.0 Å². The lowest BCUT2D eigenvalue weighted by atomic mass is 10.2. The monoisotopic (exact) mass is 217 g/mol. The molecule has 0 aliphatic heterocycles. The van der Waals surface area contributed by atoms with E-state index in [0.29, 0.717) is 0 Å². The number of carbonyl (C=O) groups is 1. The SMILES string of the molecule is C=CC#N.C=Cc1ccccc1.CC(=O)O. The largest absolute Gasteiger partial charge is 0.481 e. The average molecular weight is 217 g/mol. The van der Waals surface area contributed by atoms with Gasteiger partial charge in [0.2, 0.25) is 0 Å². The van der Waals surface area contributed by atoms with E-state index in [0.717, 1.165) is 6.92 Å². The van der Waals surface area contributed by atoms with Crippen LogP contribution in [0.15, 0.2) is 49.6 Å². The van der Waals surface area contributed by atoms with E-state index in [2.05, 4.69) is 13.2 Å². The lowest BCUT2D eigenvalue weighted by molar-refractivity contribution is -0.134. The van der Waals surface area contributed by atoms with Crippen LogP contribution in [0.2, 0.25) is 0 Å². The van der Waals surface area contributed by atoms with Crippen LogP contribution in [0.5, 0.6) is 0 Å². The maximum absolute atomic E-state index is 9.00. The van der Waals surface area contributed by atoms with Crippen molar-refractivity contribution in [3.8, 4) is 6.07 Å². The van der Waals surface area contributed by atoms with Gasteiger partial charge in [-0.15, -0.1) is 0 Å². The van der Waals surface area contributed by atoms with Crippen molar-refractivity contribution < 1.29 is 9.90 Å². The van der Waals surface area contributed by atoms with Crippen LogP contribution in [-0.2, 0) is 4.79 Å². The van der Waals surface area contributed by atoms with Crippen LogP contribution in [0.4, 0.5) is 0 Å². The molecule has 1 rings (SSSR count). The molecule has 84 valence electrons. The van der Waals surface area contributed by atoms with Crippen LogP contribution >= 0.6 is 0 Å². The van der Waals surface area contributed by atoms with E-state index in [1.165, 1.54) is 11.6 Å². The molecule has 1 N–H and O–H groups in total. The fraction of sp³-hybridized carbons (Fsp3) is 0.0769. The molecule has 0 saturated carbocycles. The lowest BCUT2D eigenvalue weighted by Crippen LogP contribution is -1.78. The molecule has 0 unspecified atom stereocenters. The third-order valence-corrected chi connectivity index (χ3v) is 1.13. The van der Waals surface area contributed by atoms with Gasteiger partial charge in [0.15, 0.2) is 0 Å². The molecule has 3 heteroatoms. The first kappa shape index (κ1) is 16.1. The molecule has 0 atom stereocenters. The fourth-order valence-electron chi connectivity index (χ4n) is 0.589. The maximum Gasteiger partial charge on any atom is 0.300 e. The highest BCUT2D eigenvalue weighted by molar-refractivity contribution is 5.62. The first-order chi connectivity index (χ1) is 7.58. The van der Waals surface area contributed by atoms with E-state index >= 15 is 0 Å². The molecule has 0 fully saturated rings. The molecule has 0 heterocycles. The minimum Gasteiger partial charge on any atom is -0.481 e. The first-order valence-corrected chi connectivity index (χ1v) is 4.46. The number of hydrogen-bond donors (Lipinski definition) is 1. The summed E-state index contributed by atoms with van der Waals surface area (Å²) >= 11 is 0. The van der Waals surface area contributed by atoms with Crippen LogP contribution in [0.1, 0.15) is 12.5 Å². The normalized spacial score (nSPS) is 6.75. The fourth-order valence-corrected chi connectivity index (χ4v) is 0.589. The Balaban J connectivity index is 0. The Kier molecular flexibility index (Phi) is 12.7. The summed E-state index contributed by atoms with van der Waals surface area (Å²) in [6.07, 6.45) is 3.01. The topological polar surface area (TPSA) is 61.1 Å². The second-order valence-electron chi connectivity index (χ2n) is 2.47. The van der Waals surface area contributed by atoms with Crippen molar-refractivity contribution in [1.29, 1.82) is 5.26 Å². The predicted molar refractivity (Wildman–Crippen MR) is 65.7 cm³/mol. The molecule has 3 nitrogen and oxygen atoms in total. The van der Waals surface area contributed by atoms with Gasteiger partial charge in [0.25, 0.3) is 5.97 Å². The van der Waals surface area contributed by atoms with Gasteiger partial charge in [-0.2, -0.15) is 5.26 Å². The summed E-state index contributed by atoms with van der Waals surface area (Å²) in [5.41, 5.74) is 1.17. The van der Waals surface area contributed by atoms with E-state index in [-0.39, 0.29) is 0 Å². The number of allylic oxidation sites excluding steroid dienone is 1. The summed E-state index contributed by atoms with van der Waals surface area (Å²) in [6, 6.07) is 11.7. The molecule has 0 amide bonds. The summed E-state index contributed by atoms with van der Waals surface area (Å²) in [7, 11) is 0. The summed E-state index contributed by atoms with van der Waals surface area (Å²) < 4.78 is 0. The van der Waals surface area contributed by atoms with Gasteiger partial charge < -0.3 is 5.11 Å². The molecule has 1 aromatic rings. The van der Waals surface area contributed by atoms with E-state index in [4.69, 9.17) is 15.2 Å². The van der Waals surface area contributed by atoms with Gasteiger partial charge in [0.1, 0.15) is 0 Å². The average Bonchev–Trinajstić information content (AvgIpc) is 2.30. The highest BCUT2D eigenvalue weighted by atomic mass is 16.4. The number of rotatable bonds is 1. The Hall–Kier alpha value is -2.34. The quantitative estimate of drug-likeness (QED) is 0.735. The van der Waals surface area contributed by atoms with Crippen LogP contribution in [0.25, 0.3) is 6.08 Å². The Morgan fingerprint density at radius 2 is 1.75 bits per heavy atom. The number of nitrogens with zero attached hydrogens (tertiary/aromatic N) is 1. The van der Waals surface area contributed by atoms with Crippen molar-refractivity contribution in [2.24, 2.45) is 0 Å². The van der Waals surface area contributed by atoms with Crippen LogP contribution in [-0.4, -0.2) is 11.1 Å².